The highest BCUT2D eigenvalue weighted by Gasteiger charge is 2.45. The van der Waals surface area contributed by atoms with Gasteiger partial charge in [0, 0.05) is 75.9 Å². The number of imide groups is 2. The molecule has 8 rings (SSSR count). The Labute approximate surface area is 349 Å². The molecule has 60 heavy (non-hydrogen) atoms. The van der Waals surface area contributed by atoms with Crippen LogP contribution in [0, 0.1) is 0 Å². The Morgan fingerprint density at radius 3 is 2.52 bits per heavy atom. The van der Waals surface area contributed by atoms with Crippen molar-refractivity contribution in [2.24, 2.45) is 0 Å². The first-order valence-electron chi connectivity index (χ1n) is 19.9. The van der Waals surface area contributed by atoms with E-state index in [2.05, 4.69) is 42.7 Å². The number of halogens is 1. The number of likely N-dealkylation sites (N-methyl/N-ethyl adjacent to an activating group) is 2. The number of nitrogens with zero attached hydrogens (tertiary/aromatic N) is 7. The molecule has 6 heterocycles. The fourth-order valence-corrected chi connectivity index (χ4v) is 8.47. The van der Waals surface area contributed by atoms with Gasteiger partial charge < -0.3 is 29.6 Å². The number of aryl methyl sites for hydroxylation is 1. The largest absolute Gasteiger partial charge is 0.492 e. The zero-order chi connectivity index (χ0) is 42.2. The molecule has 0 radical (unpaired) electrons. The predicted octanol–water partition coefficient (Wildman–Crippen LogP) is 2.01. The molecule has 0 spiro atoms. The normalized spacial score (nSPS) is 21.0. The summed E-state index contributed by atoms with van der Waals surface area (Å²) in [5.74, 6) is -0.996. The van der Waals surface area contributed by atoms with Crippen LogP contribution in [-0.4, -0.2) is 137 Å². The number of ether oxygens (including phenoxy) is 2. The standard InChI is InChI=1S/C41H45ClN10O8/c1-4-51-31-8-5-24(15-23(31)16-33(40(51)58)60-22-35(54)43-2)45-36-30(42)19-44-41(47-36)50-13-11-49(12-14-50)25-17-26(48(3)20-25)21-59-27-6-7-28-29(18-27)39(57)52(38(28)56)32-9-10-34(53)46-37(32)55/h5-8,15-16,18-19,25-26,32H,4,9-14,17,20-22H2,1-3H3,(H,43,54)(H,44,45,47)(H,46,53,55)/t25-,26+,32?/m1/s1. The van der Waals surface area contributed by atoms with Gasteiger partial charge >= 0.3 is 0 Å². The van der Waals surface area contributed by atoms with Crippen molar-refractivity contribution in [1.29, 1.82) is 0 Å². The van der Waals surface area contributed by atoms with E-state index in [4.69, 9.17) is 26.1 Å². The van der Waals surface area contributed by atoms with Crippen molar-refractivity contribution < 1.29 is 33.4 Å². The summed E-state index contributed by atoms with van der Waals surface area (Å²) in [4.78, 5) is 92.4. The maximum atomic E-state index is 13.3. The van der Waals surface area contributed by atoms with Crippen molar-refractivity contribution in [1.82, 2.24) is 39.9 Å². The summed E-state index contributed by atoms with van der Waals surface area (Å²) < 4.78 is 13.3. The molecule has 314 valence electrons. The first-order valence-corrected chi connectivity index (χ1v) is 20.3. The monoisotopic (exact) mass is 840 g/mol. The molecule has 3 atom stereocenters. The Kier molecular flexibility index (Phi) is 11.4. The van der Waals surface area contributed by atoms with E-state index in [1.807, 2.05) is 25.1 Å². The van der Waals surface area contributed by atoms with Crippen LogP contribution in [0.25, 0.3) is 10.9 Å². The third-order valence-corrected chi connectivity index (χ3v) is 11.9. The number of amides is 5. The number of rotatable bonds is 12. The van der Waals surface area contributed by atoms with E-state index in [9.17, 15) is 28.8 Å². The molecule has 2 aromatic carbocycles. The second kappa shape index (κ2) is 16.9. The van der Waals surface area contributed by atoms with Gasteiger partial charge in [0.2, 0.25) is 17.8 Å². The van der Waals surface area contributed by atoms with E-state index >= 15 is 0 Å². The first-order chi connectivity index (χ1) is 28.9. The molecule has 19 heteroatoms. The van der Waals surface area contributed by atoms with Gasteiger partial charge in [0.05, 0.1) is 22.8 Å². The van der Waals surface area contributed by atoms with E-state index in [0.717, 1.165) is 41.9 Å². The summed E-state index contributed by atoms with van der Waals surface area (Å²) in [6.45, 7) is 6.30. The van der Waals surface area contributed by atoms with Crippen molar-refractivity contribution >= 4 is 69.5 Å². The Morgan fingerprint density at radius 2 is 1.77 bits per heavy atom. The second-order valence-corrected chi connectivity index (χ2v) is 15.7. The lowest BCUT2D eigenvalue weighted by atomic mass is 10.0. The van der Waals surface area contributed by atoms with Gasteiger partial charge in [-0.05, 0) is 69.3 Å². The van der Waals surface area contributed by atoms with Crippen LogP contribution in [-0.2, 0) is 20.9 Å². The lowest BCUT2D eigenvalue weighted by Gasteiger charge is -2.38. The van der Waals surface area contributed by atoms with Crippen molar-refractivity contribution in [2.75, 3.05) is 70.2 Å². The third kappa shape index (κ3) is 7.97. The van der Waals surface area contributed by atoms with E-state index < -0.39 is 29.7 Å². The van der Waals surface area contributed by atoms with Crippen LogP contribution in [0.2, 0.25) is 5.02 Å². The minimum atomic E-state index is -1.02. The number of carbonyl (C=O) groups excluding carboxylic acids is 5. The van der Waals surface area contributed by atoms with Crippen molar-refractivity contribution in [3.8, 4) is 11.5 Å². The highest BCUT2D eigenvalue weighted by molar-refractivity contribution is 6.33. The minimum Gasteiger partial charge on any atom is -0.492 e. The summed E-state index contributed by atoms with van der Waals surface area (Å²) in [5.41, 5.74) is 1.49. The molecule has 3 fully saturated rings. The van der Waals surface area contributed by atoms with Gasteiger partial charge in [0.1, 0.15) is 23.4 Å². The lowest BCUT2D eigenvalue weighted by Crippen LogP contribution is -2.54. The average Bonchev–Trinajstić information content (AvgIpc) is 3.74. The fourth-order valence-electron chi connectivity index (χ4n) is 8.34. The molecule has 0 saturated carbocycles. The van der Waals surface area contributed by atoms with Crippen molar-refractivity contribution in [3.63, 3.8) is 0 Å². The zero-order valence-electron chi connectivity index (χ0n) is 33.4. The third-order valence-electron chi connectivity index (χ3n) is 11.6. The Hall–Kier alpha value is -6.11. The molecule has 2 aromatic heterocycles. The number of fused-ring (bicyclic) bond motifs is 2. The number of aromatic nitrogens is 3. The molecule has 0 bridgehead atoms. The quantitative estimate of drug-likeness (QED) is 0.175. The topological polar surface area (TPSA) is 201 Å². The number of hydrogen-bond donors (Lipinski definition) is 3. The number of piperidine rings is 1. The van der Waals surface area contributed by atoms with Gasteiger partial charge in [-0.2, -0.15) is 4.98 Å². The molecule has 3 N–H and O–H groups in total. The highest BCUT2D eigenvalue weighted by atomic mass is 35.5. The molecule has 4 aliphatic heterocycles. The van der Waals surface area contributed by atoms with Gasteiger partial charge in [-0.15, -0.1) is 0 Å². The lowest BCUT2D eigenvalue weighted by molar-refractivity contribution is -0.136. The Balaban J connectivity index is 0.862. The van der Waals surface area contributed by atoms with Gasteiger partial charge in [-0.25, -0.2) is 4.98 Å². The van der Waals surface area contributed by atoms with E-state index in [0.29, 0.717) is 60.5 Å². The number of likely N-dealkylation sites (tertiary alicyclic amines) is 1. The number of piperazine rings is 1. The molecule has 4 aliphatic rings. The first kappa shape index (κ1) is 40.7. The summed E-state index contributed by atoms with van der Waals surface area (Å²) in [6.07, 6.45) is 2.62. The van der Waals surface area contributed by atoms with Crippen LogP contribution < -0.4 is 35.9 Å². The number of carbonyl (C=O) groups is 5. The van der Waals surface area contributed by atoms with Crippen molar-refractivity contribution in [3.05, 3.63) is 75.2 Å². The van der Waals surface area contributed by atoms with Gasteiger partial charge in [-0.3, -0.25) is 48.8 Å². The summed E-state index contributed by atoms with van der Waals surface area (Å²) in [5, 5.41) is 9.09. The average molecular weight is 841 g/mol. The molecule has 3 saturated heterocycles. The number of nitrogens with one attached hydrogen (secondary N) is 3. The molecule has 1 unspecified atom stereocenters. The SMILES string of the molecule is CCn1c(=O)c(OCC(=O)NC)cc2cc(Nc3nc(N4CCN([C@@H]5C[C@@H](COc6ccc7c(c6)C(=O)N(C6CCC(=O)NC6=O)C7=O)N(C)C5)CC4)ncc3Cl)ccc21. The fraction of sp³-hybridized carbons (Fsp3) is 0.415. The summed E-state index contributed by atoms with van der Waals surface area (Å²) in [7, 11) is 3.57. The van der Waals surface area contributed by atoms with Crippen LogP contribution in [0.4, 0.5) is 17.5 Å². The van der Waals surface area contributed by atoms with Crippen molar-refractivity contribution in [2.45, 2.75) is 50.9 Å². The zero-order valence-corrected chi connectivity index (χ0v) is 34.2. The molecular weight excluding hydrogens is 796 g/mol. The van der Waals surface area contributed by atoms with Crippen LogP contribution in [0.15, 0.2) is 53.5 Å². The van der Waals surface area contributed by atoms with E-state index in [1.54, 1.807) is 35.0 Å². The smallest absolute Gasteiger partial charge is 0.293 e. The van der Waals surface area contributed by atoms with Crippen LogP contribution in [0.3, 0.4) is 0 Å². The van der Waals surface area contributed by atoms with Gasteiger partial charge in [0.25, 0.3) is 23.3 Å². The van der Waals surface area contributed by atoms with Gasteiger partial charge in [-0.1, -0.05) is 11.6 Å². The van der Waals surface area contributed by atoms with Crippen LogP contribution >= 0.6 is 11.6 Å². The van der Waals surface area contributed by atoms with E-state index in [-0.39, 0.29) is 53.8 Å². The Bertz CT molecular complexity index is 2450. The number of pyridine rings is 1. The molecular formula is C41H45ClN10O8. The number of benzene rings is 2. The van der Waals surface area contributed by atoms with Crippen LogP contribution in [0.1, 0.15) is 46.9 Å². The molecule has 0 aliphatic carbocycles. The minimum absolute atomic E-state index is 0.0584. The molecule has 4 aromatic rings. The van der Waals surface area contributed by atoms with Crippen LogP contribution in [0.5, 0.6) is 11.5 Å². The number of anilines is 3. The van der Waals surface area contributed by atoms with E-state index in [1.165, 1.54) is 7.05 Å². The summed E-state index contributed by atoms with van der Waals surface area (Å²) in [6, 6.07) is 11.4. The second-order valence-electron chi connectivity index (χ2n) is 15.3. The summed E-state index contributed by atoms with van der Waals surface area (Å²) >= 11 is 6.58. The molecule has 5 amide bonds. The highest BCUT2D eigenvalue weighted by Crippen LogP contribution is 2.32. The van der Waals surface area contributed by atoms with Gasteiger partial charge in [0.15, 0.2) is 18.2 Å². The number of hydrogen-bond acceptors (Lipinski definition) is 14. The Morgan fingerprint density at radius 1 is 0.983 bits per heavy atom. The maximum Gasteiger partial charge on any atom is 0.293 e. The maximum absolute atomic E-state index is 13.3. The molecule has 18 nitrogen and oxygen atoms in total. The predicted molar refractivity (Wildman–Crippen MR) is 221 cm³/mol.